The Balaban J connectivity index is 1.66. The zero-order chi connectivity index (χ0) is 17.6. The first kappa shape index (κ1) is 18.1. The zero-order valence-corrected chi connectivity index (χ0v) is 15.7. The number of rotatable bonds is 7. The Bertz CT molecular complexity index is 697. The highest BCUT2D eigenvalue weighted by molar-refractivity contribution is 7.09. The number of aryl methyl sites for hydroxylation is 1. The summed E-state index contributed by atoms with van der Waals surface area (Å²) in [7, 11) is 1.64. The molecule has 3 heterocycles. The van der Waals surface area contributed by atoms with Gasteiger partial charge < -0.3 is 14.6 Å². The van der Waals surface area contributed by atoms with Crippen LogP contribution in [-0.2, 0) is 29.2 Å². The lowest BCUT2D eigenvalue weighted by molar-refractivity contribution is -0.122. The third-order valence-electron chi connectivity index (χ3n) is 4.59. The molecule has 6 nitrogen and oxygen atoms in total. The van der Waals surface area contributed by atoms with Crippen molar-refractivity contribution in [1.29, 1.82) is 0 Å². The average Bonchev–Trinajstić information content (AvgIpc) is 3.13. The van der Waals surface area contributed by atoms with Crippen LogP contribution in [0.3, 0.4) is 0 Å². The molecule has 0 saturated carbocycles. The average molecular weight is 362 g/mol. The van der Waals surface area contributed by atoms with E-state index in [4.69, 9.17) is 4.74 Å². The second-order valence-electron chi connectivity index (χ2n) is 6.60. The predicted octanol–water partition coefficient (Wildman–Crippen LogP) is 2.04. The number of amides is 1. The lowest BCUT2D eigenvalue weighted by atomic mass is 10.0. The second kappa shape index (κ2) is 8.60. The van der Waals surface area contributed by atoms with E-state index < -0.39 is 0 Å². The fraction of sp³-hybridized carbons (Fsp3) is 0.556. The van der Waals surface area contributed by atoms with Gasteiger partial charge in [-0.15, -0.1) is 11.3 Å². The molecule has 1 atom stereocenters. The number of nitrogens with one attached hydrogen (secondary N) is 1. The molecule has 136 valence electrons. The maximum Gasteiger partial charge on any atom is 0.220 e. The molecule has 25 heavy (non-hydrogen) atoms. The first-order chi connectivity index (χ1) is 12.2. The molecule has 3 rings (SSSR count). The second-order valence-corrected chi connectivity index (χ2v) is 7.53. The topological polar surface area (TPSA) is 59.4 Å². The van der Waals surface area contributed by atoms with Gasteiger partial charge in [0.2, 0.25) is 5.91 Å². The van der Waals surface area contributed by atoms with E-state index >= 15 is 0 Å². The number of hydrogen-bond donors (Lipinski definition) is 1. The molecule has 1 unspecified atom stereocenters. The van der Waals surface area contributed by atoms with Crippen LogP contribution in [0, 0.1) is 12.8 Å². The van der Waals surface area contributed by atoms with Crippen LogP contribution < -0.4 is 5.32 Å². The summed E-state index contributed by atoms with van der Waals surface area (Å²) in [6, 6.07) is 4.26. The largest absolute Gasteiger partial charge is 0.383 e. The molecule has 0 spiro atoms. The summed E-state index contributed by atoms with van der Waals surface area (Å²) in [6.07, 6.45) is 2.66. The molecule has 2 aromatic rings. The van der Waals surface area contributed by atoms with Crippen molar-refractivity contribution in [3.05, 3.63) is 40.1 Å². The third kappa shape index (κ3) is 4.90. The normalized spacial score (nSPS) is 17.9. The lowest BCUT2D eigenvalue weighted by Crippen LogP contribution is -2.33. The van der Waals surface area contributed by atoms with E-state index in [0.717, 1.165) is 31.9 Å². The quantitative estimate of drug-likeness (QED) is 0.766. The fourth-order valence-corrected chi connectivity index (χ4v) is 4.14. The molecule has 1 amide bonds. The van der Waals surface area contributed by atoms with Crippen LogP contribution >= 0.6 is 11.3 Å². The van der Waals surface area contributed by atoms with Crippen LogP contribution in [0.5, 0.6) is 0 Å². The monoisotopic (exact) mass is 362 g/mol. The van der Waals surface area contributed by atoms with E-state index in [-0.39, 0.29) is 5.91 Å². The Kier molecular flexibility index (Phi) is 6.23. The third-order valence-corrected chi connectivity index (χ3v) is 5.51. The number of carbonyl (C=O) groups excluding carboxylic acids is 1. The Morgan fingerprint density at radius 3 is 3.12 bits per heavy atom. The SMILES string of the molecule is COCCNC(=O)CC1CN(Cc2scnc2C)Cc2cccn2C1. The first-order valence-corrected chi connectivity index (χ1v) is 9.54. The zero-order valence-electron chi connectivity index (χ0n) is 14.9. The summed E-state index contributed by atoms with van der Waals surface area (Å²) in [5.41, 5.74) is 4.33. The molecule has 0 aliphatic carbocycles. The van der Waals surface area contributed by atoms with Crippen molar-refractivity contribution in [2.75, 3.05) is 26.8 Å². The molecular weight excluding hydrogens is 336 g/mol. The number of hydrogen-bond acceptors (Lipinski definition) is 5. The number of carbonyl (C=O) groups is 1. The predicted molar refractivity (Wildman–Crippen MR) is 98.4 cm³/mol. The summed E-state index contributed by atoms with van der Waals surface area (Å²) in [5.74, 6) is 0.399. The van der Waals surface area contributed by atoms with Crippen LogP contribution in [0.15, 0.2) is 23.8 Å². The van der Waals surface area contributed by atoms with Crippen LogP contribution in [0.2, 0.25) is 0 Å². The molecule has 2 aromatic heterocycles. The van der Waals surface area contributed by atoms with E-state index in [1.807, 2.05) is 5.51 Å². The Morgan fingerprint density at radius 2 is 2.36 bits per heavy atom. The highest BCUT2D eigenvalue weighted by Crippen LogP contribution is 2.23. The van der Waals surface area contributed by atoms with Gasteiger partial charge in [-0.1, -0.05) is 0 Å². The van der Waals surface area contributed by atoms with Crippen LogP contribution in [0.1, 0.15) is 22.7 Å². The number of methoxy groups -OCH3 is 1. The van der Waals surface area contributed by atoms with Crippen LogP contribution in [0.25, 0.3) is 0 Å². The van der Waals surface area contributed by atoms with Gasteiger partial charge in [-0.25, -0.2) is 4.98 Å². The molecule has 0 aromatic carbocycles. The minimum atomic E-state index is 0.103. The summed E-state index contributed by atoms with van der Waals surface area (Å²) >= 11 is 1.71. The van der Waals surface area contributed by atoms with E-state index in [1.165, 1.54) is 10.6 Å². The minimum absolute atomic E-state index is 0.103. The van der Waals surface area contributed by atoms with Gasteiger partial charge >= 0.3 is 0 Å². The molecule has 0 radical (unpaired) electrons. The van der Waals surface area contributed by atoms with Crippen molar-refractivity contribution in [1.82, 2.24) is 19.8 Å². The standard InChI is InChI=1S/C18H26N4O2S/c1-14-17(25-13-20-14)12-21-9-15(8-18(23)19-5-7-24-2)10-22-6-3-4-16(22)11-21/h3-4,6,13,15H,5,7-12H2,1-2H3,(H,19,23). The van der Waals surface area contributed by atoms with Crippen molar-refractivity contribution in [3.63, 3.8) is 0 Å². The van der Waals surface area contributed by atoms with Gasteiger partial charge in [0.15, 0.2) is 0 Å². The molecule has 1 aliphatic rings. The maximum atomic E-state index is 12.2. The van der Waals surface area contributed by atoms with Gasteiger partial charge in [0.05, 0.1) is 17.8 Å². The first-order valence-electron chi connectivity index (χ1n) is 8.66. The van der Waals surface area contributed by atoms with Crippen molar-refractivity contribution >= 4 is 17.2 Å². The van der Waals surface area contributed by atoms with E-state index in [0.29, 0.717) is 25.5 Å². The van der Waals surface area contributed by atoms with Gasteiger partial charge in [0.25, 0.3) is 0 Å². The van der Waals surface area contributed by atoms with E-state index in [2.05, 4.69) is 45.0 Å². The van der Waals surface area contributed by atoms with Crippen LogP contribution in [0.4, 0.5) is 0 Å². The smallest absolute Gasteiger partial charge is 0.220 e. The van der Waals surface area contributed by atoms with Crippen LogP contribution in [-0.4, -0.2) is 47.2 Å². The lowest BCUT2D eigenvalue weighted by Gasteiger charge is -2.23. The minimum Gasteiger partial charge on any atom is -0.383 e. The van der Waals surface area contributed by atoms with Gasteiger partial charge in [-0.3, -0.25) is 9.69 Å². The highest BCUT2D eigenvalue weighted by Gasteiger charge is 2.24. The molecule has 1 N–H and O–H groups in total. The van der Waals surface area contributed by atoms with Gasteiger partial charge in [-0.05, 0) is 25.0 Å². The van der Waals surface area contributed by atoms with Crippen molar-refractivity contribution in [2.45, 2.75) is 33.0 Å². The summed E-state index contributed by atoms with van der Waals surface area (Å²) in [4.78, 5) is 20.3. The Morgan fingerprint density at radius 1 is 1.48 bits per heavy atom. The molecule has 0 bridgehead atoms. The van der Waals surface area contributed by atoms with Crippen molar-refractivity contribution < 1.29 is 9.53 Å². The van der Waals surface area contributed by atoms with Crippen molar-refractivity contribution in [3.8, 4) is 0 Å². The molecule has 7 heteroatoms. The molecule has 0 saturated heterocycles. The number of thiazole rings is 1. The maximum absolute atomic E-state index is 12.2. The Labute approximate surface area is 152 Å². The van der Waals surface area contributed by atoms with E-state index in [1.54, 1.807) is 18.4 Å². The van der Waals surface area contributed by atoms with Gasteiger partial charge in [-0.2, -0.15) is 0 Å². The number of ether oxygens (including phenoxy) is 1. The molecule has 1 aliphatic heterocycles. The van der Waals surface area contributed by atoms with E-state index in [9.17, 15) is 4.79 Å². The fourth-order valence-electron chi connectivity index (χ4n) is 3.32. The summed E-state index contributed by atoms with van der Waals surface area (Å²) in [6.45, 7) is 6.78. The Hall–Kier alpha value is -1.70. The molecule has 0 fully saturated rings. The van der Waals surface area contributed by atoms with Crippen molar-refractivity contribution in [2.24, 2.45) is 5.92 Å². The number of aromatic nitrogens is 2. The highest BCUT2D eigenvalue weighted by atomic mass is 32.1. The van der Waals surface area contributed by atoms with Gasteiger partial charge in [0, 0.05) is 63.0 Å². The number of fused-ring (bicyclic) bond motifs is 1. The summed E-state index contributed by atoms with van der Waals surface area (Å²) < 4.78 is 7.28. The molecular formula is C18H26N4O2S. The van der Waals surface area contributed by atoms with Gasteiger partial charge in [0.1, 0.15) is 0 Å². The summed E-state index contributed by atoms with van der Waals surface area (Å²) in [5, 5.41) is 2.94. The number of nitrogens with zero attached hydrogens (tertiary/aromatic N) is 3.